The molecule has 0 saturated carbocycles. The second kappa shape index (κ2) is 8.15. The van der Waals surface area contributed by atoms with Crippen molar-refractivity contribution >= 4 is 17.3 Å². The summed E-state index contributed by atoms with van der Waals surface area (Å²) in [6, 6.07) is 13.9. The zero-order valence-electron chi connectivity index (χ0n) is 12.7. The molecule has 0 radical (unpaired) electrons. The van der Waals surface area contributed by atoms with Gasteiger partial charge in [0.2, 0.25) is 0 Å². The van der Waals surface area contributed by atoms with Gasteiger partial charge in [-0.3, -0.25) is 0 Å². The Bertz CT molecular complexity index is 540. The van der Waals surface area contributed by atoms with E-state index in [-0.39, 0.29) is 0 Å². The quantitative estimate of drug-likeness (QED) is 0.753. The summed E-state index contributed by atoms with van der Waals surface area (Å²) in [5.74, 6) is 2.62. The van der Waals surface area contributed by atoms with Crippen LogP contribution >= 0.6 is 0 Å². The molecule has 2 rings (SSSR count). The first-order valence-corrected chi connectivity index (χ1v) is 7.52. The van der Waals surface area contributed by atoms with E-state index in [0.29, 0.717) is 0 Å². The van der Waals surface area contributed by atoms with Crippen LogP contribution in [0.4, 0.5) is 17.3 Å². The summed E-state index contributed by atoms with van der Waals surface area (Å²) in [5.41, 5.74) is 0.999. The first-order chi connectivity index (χ1) is 10.3. The molecule has 0 aliphatic rings. The molecule has 2 N–H and O–H groups in total. The van der Waals surface area contributed by atoms with E-state index < -0.39 is 0 Å². The average molecular weight is 285 g/mol. The molecule has 0 bridgehead atoms. The smallest absolute Gasteiger partial charge is 0.132 e. The molecule has 1 aromatic heterocycles. The van der Waals surface area contributed by atoms with E-state index in [2.05, 4.69) is 29.5 Å². The molecular formula is C17H23N3O. The van der Waals surface area contributed by atoms with E-state index >= 15 is 0 Å². The van der Waals surface area contributed by atoms with Crippen LogP contribution in [-0.4, -0.2) is 18.1 Å². The van der Waals surface area contributed by atoms with Crippen LogP contribution in [0.25, 0.3) is 0 Å². The zero-order chi connectivity index (χ0) is 14.9. The summed E-state index contributed by atoms with van der Waals surface area (Å²) >= 11 is 0. The SMILES string of the molecule is CCCNc1cccc(Nc2ccc(OCCC)cc2)n1. The number of benzene rings is 1. The number of hydrogen-bond acceptors (Lipinski definition) is 4. The van der Waals surface area contributed by atoms with Crippen LogP contribution in [0.3, 0.4) is 0 Å². The fourth-order valence-electron chi connectivity index (χ4n) is 1.86. The maximum atomic E-state index is 5.57. The first-order valence-electron chi connectivity index (χ1n) is 7.52. The third-order valence-corrected chi connectivity index (χ3v) is 2.90. The number of rotatable bonds is 8. The van der Waals surface area contributed by atoms with Gasteiger partial charge < -0.3 is 15.4 Å². The monoisotopic (exact) mass is 285 g/mol. The van der Waals surface area contributed by atoms with Gasteiger partial charge in [0, 0.05) is 12.2 Å². The summed E-state index contributed by atoms with van der Waals surface area (Å²) < 4.78 is 5.57. The van der Waals surface area contributed by atoms with Crippen LogP contribution in [0.15, 0.2) is 42.5 Å². The van der Waals surface area contributed by atoms with Crippen molar-refractivity contribution in [1.82, 2.24) is 4.98 Å². The van der Waals surface area contributed by atoms with Crippen molar-refractivity contribution in [3.8, 4) is 5.75 Å². The topological polar surface area (TPSA) is 46.2 Å². The number of pyridine rings is 1. The largest absolute Gasteiger partial charge is 0.494 e. The van der Waals surface area contributed by atoms with Gasteiger partial charge in [0.25, 0.3) is 0 Å². The maximum Gasteiger partial charge on any atom is 0.132 e. The Morgan fingerprint density at radius 2 is 1.71 bits per heavy atom. The molecule has 0 unspecified atom stereocenters. The second-order valence-electron chi connectivity index (χ2n) is 4.83. The highest BCUT2D eigenvalue weighted by atomic mass is 16.5. The molecule has 0 spiro atoms. The van der Waals surface area contributed by atoms with E-state index in [1.54, 1.807) is 0 Å². The third kappa shape index (κ3) is 4.99. The summed E-state index contributed by atoms with van der Waals surface area (Å²) in [6.45, 7) is 5.91. The van der Waals surface area contributed by atoms with Crippen molar-refractivity contribution in [2.75, 3.05) is 23.8 Å². The van der Waals surface area contributed by atoms with Crippen molar-refractivity contribution in [3.63, 3.8) is 0 Å². The number of aromatic nitrogens is 1. The van der Waals surface area contributed by atoms with Crippen LogP contribution in [0.2, 0.25) is 0 Å². The Balaban J connectivity index is 1.97. The van der Waals surface area contributed by atoms with Gasteiger partial charge >= 0.3 is 0 Å². The molecule has 0 aliphatic heterocycles. The Kier molecular flexibility index (Phi) is 5.88. The van der Waals surface area contributed by atoms with Crippen LogP contribution in [0, 0.1) is 0 Å². The fraction of sp³-hybridized carbons (Fsp3) is 0.353. The standard InChI is InChI=1S/C17H23N3O/c1-3-12-18-16-6-5-7-17(20-16)19-14-8-10-15(11-9-14)21-13-4-2/h5-11H,3-4,12-13H2,1-2H3,(H2,18,19,20). The van der Waals surface area contributed by atoms with E-state index in [4.69, 9.17) is 4.74 Å². The molecule has 112 valence electrons. The minimum Gasteiger partial charge on any atom is -0.494 e. The van der Waals surface area contributed by atoms with Crippen LogP contribution in [0.5, 0.6) is 5.75 Å². The van der Waals surface area contributed by atoms with Gasteiger partial charge in [-0.2, -0.15) is 0 Å². The lowest BCUT2D eigenvalue weighted by atomic mass is 10.3. The molecule has 2 aromatic rings. The Labute approximate surface area is 126 Å². The molecule has 0 atom stereocenters. The minimum absolute atomic E-state index is 0.749. The lowest BCUT2D eigenvalue weighted by Gasteiger charge is -2.09. The summed E-state index contributed by atoms with van der Waals surface area (Å²) in [7, 11) is 0. The lowest BCUT2D eigenvalue weighted by molar-refractivity contribution is 0.317. The molecule has 0 aliphatic carbocycles. The van der Waals surface area contributed by atoms with Gasteiger partial charge in [-0.25, -0.2) is 4.98 Å². The highest BCUT2D eigenvalue weighted by Gasteiger charge is 1.99. The molecule has 1 heterocycles. The molecule has 4 nitrogen and oxygen atoms in total. The minimum atomic E-state index is 0.749. The fourth-order valence-corrected chi connectivity index (χ4v) is 1.86. The maximum absolute atomic E-state index is 5.57. The first kappa shape index (κ1) is 15.2. The van der Waals surface area contributed by atoms with Gasteiger partial charge in [-0.05, 0) is 49.2 Å². The van der Waals surface area contributed by atoms with Crippen molar-refractivity contribution < 1.29 is 4.74 Å². The normalized spacial score (nSPS) is 10.2. The van der Waals surface area contributed by atoms with Crippen molar-refractivity contribution in [2.45, 2.75) is 26.7 Å². The highest BCUT2D eigenvalue weighted by molar-refractivity contribution is 5.58. The summed E-state index contributed by atoms with van der Waals surface area (Å²) in [4.78, 5) is 4.52. The summed E-state index contributed by atoms with van der Waals surface area (Å²) in [6.07, 6.45) is 2.10. The number of hydrogen-bond donors (Lipinski definition) is 2. The lowest BCUT2D eigenvalue weighted by Crippen LogP contribution is -2.03. The van der Waals surface area contributed by atoms with Gasteiger partial charge in [0.1, 0.15) is 17.4 Å². The molecule has 1 aromatic carbocycles. The third-order valence-electron chi connectivity index (χ3n) is 2.90. The molecule has 0 fully saturated rings. The van der Waals surface area contributed by atoms with Gasteiger partial charge in [-0.1, -0.05) is 19.9 Å². The molecule has 0 amide bonds. The van der Waals surface area contributed by atoms with Crippen LogP contribution in [-0.2, 0) is 0 Å². The summed E-state index contributed by atoms with van der Waals surface area (Å²) in [5, 5.41) is 6.58. The van der Waals surface area contributed by atoms with Gasteiger partial charge in [-0.15, -0.1) is 0 Å². The Morgan fingerprint density at radius 3 is 2.43 bits per heavy atom. The number of nitrogens with one attached hydrogen (secondary N) is 2. The van der Waals surface area contributed by atoms with Crippen LogP contribution < -0.4 is 15.4 Å². The molecule has 4 heteroatoms. The molecule has 21 heavy (non-hydrogen) atoms. The zero-order valence-corrected chi connectivity index (χ0v) is 12.7. The van der Waals surface area contributed by atoms with E-state index in [1.165, 1.54) is 0 Å². The predicted octanol–water partition coefficient (Wildman–Crippen LogP) is 4.44. The van der Waals surface area contributed by atoms with Crippen LogP contribution in [0.1, 0.15) is 26.7 Å². The van der Waals surface area contributed by atoms with Crippen molar-refractivity contribution in [2.24, 2.45) is 0 Å². The second-order valence-corrected chi connectivity index (χ2v) is 4.83. The van der Waals surface area contributed by atoms with E-state index in [9.17, 15) is 0 Å². The van der Waals surface area contributed by atoms with Crippen molar-refractivity contribution in [3.05, 3.63) is 42.5 Å². The average Bonchev–Trinajstić information content (AvgIpc) is 2.53. The number of anilines is 3. The molecule has 0 saturated heterocycles. The highest BCUT2D eigenvalue weighted by Crippen LogP contribution is 2.20. The Hall–Kier alpha value is -2.23. The Morgan fingerprint density at radius 1 is 0.952 bits per heavy atom. The van der Waals surface area contributed by atoms with Crippen molar-refractivity contribution in [1.29, 1.82) is 0 Å². The van der Waals surface area contributed by atoms with E-state index in [1.807, 2.05) is 42.5 Å². The molecular weight excluding hydrogens is 262 g/mol. The van der Waals surface area contributed by atoms with Gasteiger partial charge in [0.05, 0.1) is 6.61 Å². The number of ether oxygens (including phenoxy) is 1. The number of nitrogens with zero attached hydrogens (tertiary/aromatic N) is 1. The van der Waals surface area contributed by atoms with E-state index in [0.717, 1.165) is 49.1 Å². The van der Waals surface area contributed by atoms with Gasteiger partial charge in [0.15, 0.2) is 0 Å². The predicted molar refractivity (Wildman–Crippen MR) is 88.5 cm³/mol.